The zero-order valence-corrected chi connectivity index (χ0v) is 11.4. The summed E-state index contributed by atoms with van der Waals surface area (Å²) in [7, 11) is 3.86. The Hall–Kier alpha value is -1.69. The lowest BCUT2D eigenvalue weighted by Gasteiger charge is -2.15. The van der Waals surface area contributed by atoms with Crippen LogP contribution >= 0.6 is 0 Å². The van der Waals surface area contributed by atoms with Crippen molar-refractivity contribution in [3.05, 3.63) is 29.3 Å². The lowest BCUT2D eigenvalue weighted by atomic mass is 10.1. The van der Waals surface area contributed by atoms with Crippen LogP contribution in [0.4, 0.5) is 0 Å². The first-order chi connectivity index (χ1) is 8.63. The second-order valence-electron chi connectivity index (χ2n) is 4.50. The average molecular weight is 248 g/mol. The van der Waals surface area contributed by atoms with Crippen molar-refractivity contribution >= 4 is 0 Å². The van der Waals surface area contributed by atoms with Crippen LogP contribution in [0.15, 0.2) is 12.3 Å². The highest BCUT2D eigenvalue weighted by atomic mass is 15.4. The van der Waals surface area contributed by atoms with Gasteiger partial charge >= 0.3 is 0 Å². The molecule has 1 unspecified atom stereocenters. The topological polar surface area (TPSA) is 60.6 Å². The number of hydrogen-bond donors (Lipinski definition) is 1. The van der Waals surface area contributed by atoms with Crippen molar-refractivity contribution in [2.75, 3.05) is 6.54 Å². The molecule has 2 rings (SSSR count). The van der Waals surface area contributed by atoms with Crippen LogP contribution in [0, 0.1) is 6.92 Å². The van der Waals surface area contributed by atoms with Gasteiger partial charge in [0.1, 0.15) is 0 Å². The number of nitrogens with one attached hydrogen (secondary N) is 1. The number of rotatable bonds is 5. The van der Waals surface area contributed by atoms with Crippen molar-refractivity contribution in [2.45, 2.75) is 26.3 Å². The van der Waals surface area contributed by atoms with Gasteiger partial charge in [-0.15, -0.1) is 5.10 Å². The Bertz CT molecular complexity index is 493. The summed E-state index contributed by atoms with van der Waals surface area (Å²) in [6, 6.07) is 2.14. The lowest BCUT2D eigenvalue weighted by Crippen LogP contribution is -2.25. The van der Waals surface area contributed by atoms with E-state index in [1.807, 2.05) is 18.8 Å². The van der Waals surface area contributed by atoms with Crippen LogP contribution in [0.25, 0.3) is 0 Å². The predicted octanol–water partition coefficient (Wildman–Crippen LogP) is 0.946. The summed E-state index contributed by atoms with van der Waals surface area (Å²) in [5.41, 5.74) is 3.18. The fraction of sp³-hybridized carbons (Fsp3) is 0.583. The molecule has 0 saturated heterocycles. The van der Waals surface area contributed by atoms with Crippen molar-refractivity contribution in [1.82, 2.24) is 30.1 Å². The normalized spacial score (nSPS) is 12.9. The molecule has 0 spiro atoms. The molecule has 0 aliphatic heterocycles. The molecule has 0 radical (unpaired) electrons. The third-order valence-corrected chi connectivity index (χ3v) is 3.07. The molecule has 0 saturated carbocycles. The summed E-state index contributed by atoms with van der Waals surface area (Å²) in [6.45, 7) is 5.13. The van der Waals surface area contributed by atoms with Crippen molar-refractivity contribution in [1.29, 1.82) is 0 Å². The van der Waals surface area contributed by atoms with Gasteiger partial charge in [-0.1, -0.05) is 12.1 Å². The summed E-state index contributed by atoms with van der Waals surface area (Å²) >= 11 is 0. The van der Waals surface area contributed by atoms with E-state index in [0.29, 0.717) is 0 Å². The second kappa shape index (κ2) is 5.30. The Morgan fingerprint density at radius 3 is 2.61 bits per heavy atom. The third kappa shape index (κ3) is 2.43. The highest BCUT2D eigenvalue weighted by molar-refractivity contribution is 5.21. The van der Waals surface area contributed by atoms with Gasteiger partial charge in [0.05, 0.1) is 23.6 Å². The molecular formula is C12H20N6. The van der Waals surface area contributed by atoms with Gasteiger partial charge in [-0.3, -0.25) is 9.36 Å². The van der Waals surface area contributed by atoms with Crippen molar-refractivity contribution < 1.29 is 0 Å². The maximum atomic E-state index is 4.55. The molecule has 0 aliphatic rings. The van der Waals surface area contributed by atoms with Crippen LogP contribution in [-0.4, -0.2) is 31.3 Å². The first-order valence-corrected chi connectivity index (χ1v) is 6.22. The van der Waals surface area contributed by atoms with Crippen molar-refractivity contribution in [3.8, 4) is 0 Å². The van der Waals surface area contributed by atoms with Gasteiger partial charge in [-0.05, 0) is 26.0 Å². The van der Waals surface area contributed by atoms with E-state index in [4.69, 9.17) is 0 Å². The zero-order valence-electron chi connectivity index (χ0n) is 11.4. The molecule has 6 heteroatoms. The molecule has 0 amide bonds. The van der Waals surface area contributed by atoms with E-state index in [2.05, 4.69) is 40.6 Å². The quantitative estimate of drug-likeness (QED) is 0.855. The van der Waals surface area contributed by atoms with E-state index < -0.39 is 0 Å². The number of aryl methyl sites for hydroxylation is 3. The van der Waals surface area contributed by atoms with E-state index in [1.54, 1.807) is 10.9 Å². The Morgan fingerprint density at radius 1 is 1.33 bits per heavy atom. The Balaban J connectivity index is 2.33. The van der Waals surface area contributed by atoms with Crippen molar-refractivity contribution in [3.63, 3.8) is 0 Å². The van der Waals surface area contributed by atoms with E-state index >= 15 is 0 Å². The molecule has 0 aliphatic carbocycles. The monoisotopic (exact) mass is 248 g/mol. The average Bonchev–Trinajstić information content (AvgIpc) is 2.88. The SMILES string of the molecule is CCCNC(c1cc(C)n(C)n1)c1cnnn1C. The molecule has 2 aromatic rings. The fourth-order valence-electron chi connectivity index (χ4n) is 1.94. The molecule has 0 bridgehead atoms. The van der Waals surface area contributed by atoms with Gasteiger partial charge in [0, 0.05) is 19.8 Å². The summed E-state index contributed by atoms with van der Waals surface area (Å²) < 4.78 is 3.68. The maximum Gasteiger partial charge on any atom is 0.0957 e. The zero-order chi connectivity index (χ0) is 13.1. The number of hydrogen-bond acceptors (Lipinski definition) is 4. The number of aromatic nitrogens is 5. The van der Waals surface area contributed by atoms with Crippen LogP contribution in [0.2, 0.25) is 0 Å². The van der Waals surface area contributed by atoms with Crippen LogP contribution < -0.4 is 5.32 Å². The molecule has 1 atom stereocenters. The molecule has 0 aromatic carbocycles. The third-order valence-electron chi connectivity index (χ3n) is 3.07. The highest BCUT2D eigenvalue weighted by Crippen LogP contribution is 2.20. The molecule has 2 aromatic heterocycles. The van der Waals surface area contributed by atoms with Gasteiger partial charge in [-0.2, -0.15) is 5.10 Å². The minimum Gasteiger partial charge on any atom is -0.304 e. The first kappa shape index (κ1) is 12.8. The standard InChI is InChI=1S/C12H20N6/c1-5-6-13-12(11-8-14-16-18(11)4)10-7-9(2)17(3)15-10/h7-8,12-13H,5-6H2,1-4H3. The molecule has 18 heavy (non-hydrogen) atoms. The smallest absolute Gasteiger partial charge is 0.0957 e. The van der Waals surface area contributed by atoms with Crippen LogP contribution in [0.5, 0.6) is 0 Å². The van der Waals surface area contributed by atoms with Gasteiger partial charge in [0.25, 0.3) is 0 Å². The van der Waals surface area contributed by atoms with Gasteiger partial charge in [0.2, 0.25) is 0 Å². The lowest BCUT2D eigenvalue weighted by molar-refractivity contribution is 0.534. The van der Waals surface area contributed by atoms with Crippen LogP contribution in [-0.2, 0) is 14.1 Å². The number of nitrogens with zero attached hydrogens (tertiary/aromatic N) is 5. The van der Waals surface area contributed by atoms with Gasteiger partial charge in [0.15, 0.2) is 0 Å². The second-order valence-corrected chi connectivity index (χ2v) is 4.50. The van der Waals surface area contributed by atoms with Crippen LogP contribution in [0.1, 0.15) is 36.5 Å². The minimum absolute atomic E-state index is 0.0462. The Kier molecular flexibility index (Phi) is 3.76. The molecule has 98 valence electrons. The molecule has 1 N–H and O–H groups in total. The van der Waals surface area contributed by atoms with Crippen molar-refractivity contribution in [2.24, 2.45) is 14.1 Å². The summed E-state index contributed by atoms with van der Waals surface area (Å²) in [4.78, 5) is 0. The van der Waals surface area contributed by atoms with Crippen LogP contribution in [0.3, 0.4) is 0 Å². The molecule has 2 heterocycles. The Morgan fingerprint density at radius 2 is 2.11 bits per heavy atom. The summed E-state index contributed by atoms with van der Waals surface area (Å²) in [5.74, 6) is 0. The minimum atomic E-state index is 0.0462. The van der Waals surface area contributed by atoms with Gasteiger partial charge in [-0.25, -0.2) is 0 Å². The molecule has 0 fully saturated rings. The largest absolute Gasteiger partial charge is 0.304 e. The Labute approximate surface area is 107 Å². The maximum absolute atomic E-state index is 4.55. The van der Waals surface area contributed by atoms with Gasteiger partial charge < -0.3 is 5.32 Å². The van der Waals surface area contributed by atoms with E-state index in [0.717, 1.165) is 30.0 Å². The predicted molar refractivity (Wildman–Crippen MR) is 69.1 cm³/mol. The van der Waals surface area contributed by atoms with E-state index in [9.17, 15) is 0 Å². The fourth-order valence-corrected chi connectivity index (χ4v) is 1.94. The molecular weight excluding hydrogens is 228 g/mol. The summed E-state index contributed by atoms with van der Waals surface area (Å²) in [6.07, 6.45) is 2.87. The first-order valence-electron chi connectivity index (χ1n) is 6.22. The van der Waals surface area contributed by atoms with E-state index in [1.165, 1.54) is 0 Å². The molecule has 6 nitrogen and oxygen atoms in total. The van der Waals surface area contributed by atoms with E-state index in [-0.39, 0.29) is 6.04 Å². The summed E-state index contributed by atoms with van der Waals surface area (Å²) in [5, 5.41) is 16.0. The highest BCUT2D eigenvalue weighted by Gasteiger charge is 2.20.